The smallest absolute Gasteiger partial charge is 0.363 e. The van der Waals surface area contributed by atoms with Crippen molar-refractivity contribution in [2.45, 2.75) is 50.7 Å². The van der Waals surface area contributed by atoms with Gasteiger partial charge >= 0.3 is 6.18 Å². The molecule has 40 heavy (non-hydrogen) atoms. The molecule has 0 radical (unpaired) electrons. The van der Waals surface area contributed by atoms with Crippen LogP contribution in [0.4, 0.5) is 23.4 Å². The van der Waals surface area contributed by atoms with Crippen molar-refractivity contribution in [2.24, 2.45) is 23.2 Å². The minimum Gasteiger partial charge on any atom is -0.363 e. The molecule has 6 rings (SSSR count). The van der Waals surface area contributed by atoms with E-state index >= 15 is 0 Å². The highest BCUT2D eigenvalue weighted by Gasteiger charge is 2.68. The lowest BCUT2D eigenvalue weighted by molar-refractivity contribution is -0.230. The van der Waals surface area contributed by atoms with E-state index in [4.69, 9.17) is 11.6 Å². The Labute approximate surface area is 233 Å². The molecule has 1 aromatic carbocycles. The molecule has 3 saturated carbocycles. The maximum absolute atomic E-state index is 14.4. The summed E-state index contributed by atoms with van der Waals surface area (Å²) in [5.74, 6) is -0.554. The van der Waals surface area contributed by atoms with Crippen molar-refractivity contribution >= 4 is 34.4 Å². The first-order valence-corrected chi connectivity index (χ1v) is 13.7. The van der Waals surface area contributed by atoms with Gasteiger partial charge in [-0.1, -0.05) is 11.6 Å². The van der Waals surface area contributed by atoms with Gasteiger partial charge in [-0.05, 0) is 87.1 Å². The Morgan fingerprint density at radius 2 is 1.88 bits per heavy atom. The second-order valence-corrected chi connectivity index (χ2v) is 12.7. The van der Waals surface area contributed by atoms with Crippen LogP contribution in [0.5, 0.6) is 0 Å². The number of amides is 1. The molecule has 2 bridgehead atoms. The number of hydrogen-bond donors (Lipinski definition) is 1. The summed E-state index contributed by atoms with van der Waals surface area (Å²) >= 11 is 6.36. The number of anilines is 1. The van der Waals surface area contributed by atoms with Gasteiger partial charge in [0.05, 0.1) is 21.5 Å². The Morgan fingerprint density at radius 1 is 1.15 bits per heavy atom. The SMILES string of the molecule is CN(C)c1ccc2c(=O)c(C(=O)NC3(C)CC4CC5CC(C(F)(F)F)(CC45)C3)cn(-c3ccc(F)cc3Cl)c2n1. The van der Waals surface area contributed by atoms with Gasteiger partial charge in [-0.25, -0.2) is 9.37 Å². The van der Waals surface area contributed by atoms with Crippen LogP contribution < -0.4 is 15.6 Å². The van der Waals surface area contributed by atoms with Crippen molar-refractivity contribution in [3.05, 3.63) is 63.2 Å². The number of pyridine rings is 2. The average molecular weight is 577 g/mol. The topological polar surface area (TPSA) is 67.2 Å². The lowest BCUT2D eigenvalue weighted by atomic mass is 9.61. The number of benzene rings is 1. The summed E-state index contributed by atoms with van der Waals surface area (Å²) in [5.41, 5.74) is -3.35. The van der Waals surface area contributed by atoms with Crippen LogP contribution in [0, 0.1) is 29.0 Å². The van der Waals surface area contributed by atoms with Gasteiger partial charge < -0.3 is 10.2 Å². The van der Waals surface area contributed by atoms with Crippen LogP contribution in [0.3, 0.4) is 0 Å². The number of nitrogens with zero attached hydrogens (tertiary/aromatic N) is 3. The molecule has 2 heterocycles. The fourth-order valence-corrected chi connectivity index (χ4v) is 7.80. The molecule has 3 aliphatic carbocycles. The van der Waals surface area contributed by atoms with Gasteiger partial charge in [0, 0.05) is 25.8 Å². The first-order valence-electron chi connectivity index (χ1n) is 13.3. The van der Waals surface area contributed by atoms with E-state index in [0.29, 0.717) is 17.9 Å². The van der Waals surface area contributed by atoms with Crippen LogP contribution >= 0.6 is 11.6 Å². The molecule has 3 aromatic rings. The van der Waals surface area contributed by atoms with Gasteiger partial charge in [0.25, 0.3) is 5.91 Å². The fraction of sp³-hybridized carbons (Fsp3) is 0.483. The van der Waals surface area contributed by atoms with Crippen molar-refractivity contribution in [3.8, 4) is 5.69 Å². The standard InChI is InChI=1S/C29H29ClF4N4O2/c1-27(10-15-8-16-11-28(14-27,12-19(15)16)29(32,33)34)36-26(40)20-13-38(22-6-4-17(31)9-21(22)30)25-18(24(20)39)5-7-23(35-25)37(2)3/h4-7,9,13,15-16,19H,8,10-12,14H2,1-3H3,(H,36,40). The summed E-state index contributed by atoms with van der Waals surface area (Å²) in [4.78, 5) is 33.7. The van der Waals surface area contributed by atoms with Crippen molar-refractivity contribution in [2.75, 3.05) is 19.0 Å². The Hall–Kier alpha value is -3.14. The monoisotopic (exact) mass is 576 g/mol. The number of halogens is 5. The van der Waals surface area contributed by atoms with Crippen molar-refractivity contribution in [1.82, 2.24) is 14.9 Å². The number of nitrogens with one attached hydrogen (secondary N) is 1. The third-order valence-corrected chi connectivity index (χ3v) is 9.56. The Morgan fingerprint density at radius 3 is 2.55 bits per heavy atom. The third kappa shape index (κ3) is 4.17. The van der Waals surface area contributed by atoms with Crippen LogP contribution in [0.2, 0.25) is 5.02 Å². The van der Waals surface area contributed by atoms with E-state index in [2.05, 4.69) is 10.3 Å². The van der Waals surface area contributed by atoms with Crippen LogP contribution in [0.1, 0.15) is 49.4 Å². The quantitative estimate of drug-likeness (QED) is 0.380. The molecule has 0 spiro atoms. The molecular formula is C29H29ClF4N4O2. The maximum atomic E-state index is 14.4. The second kappa shape index (κ2) is 8.93. The number of alkyl halides is 3. The molecule has 0 aliphatic heterocycles. The molecule has 3 aliphatic rings. The summed E-state index contributed by atoms with van der Waals surface area (Å²) < 4.78 is 58.6. The van der Waals surface area contributed by atoms with Gasteiger partial charge in [-0.2, -0.15) is 13.2 Å². The predicted octanol–water partition coefficient (Wildman–Crippen LogP) is 6.12. The van der Waals surface area contributed by atoms with Crippen molar-refractivity contribution < 1.29 is 22.4 Å². The molecule has 212 valence electrons. The molecule has 5 unspecified atom stereocenters. The molecule has 0 saturated heterocycles. The number of fused-ring (bicyclic) bond motifs is 2. The van der Waals surface area contributed by atoms with E-state index in [1.807, 2.05) is 0 Å². The minimum absolute atomic E-state index is 0.0239. The summed E-state index contributed by atoms with van der Waals surface area (Å²) in [5, 5.41) is 3.01. The number of hydrogen-bond acceptors (Lipinski definition) is 4. The molecular weight excluding hydrogens is 548 g/mol. The van der Waals surface area contributed by atoms with Gasteiger partial charge in [0.1, 0.15) is 17.2 Å². The van der Waals surface area contributed by atoms with Gasteiger partial charge in [0.2, 0.25) is 5.43 Å². The first-order chi connectivity index (χ1) is 18.7. The van der Waals surface area contributed by atoms with E-state index in [-0.39, 0.29) is 58.6 Å². The lowest BCUT2D eigenvalue weighted by Crippen LogP contribution is -2.54. The summed E-state index contributed by atoms with van der Waals surface area (Å²) in [6.45, 7) is 1.66. The van der Waals surface area contributed by atoms with E-state index in [1.165, 1.54) is 22.9 Å². The number of aromatic nitrogens is 2. The van der Waals surface area contributed by atoms with Gasteiger partial charge in [-0.3, -0.25) is 14.2 Å². The first kappa shape index (κ1) is 27.1. The molecule has 3 fully saturated rings. The van der Waals surface area contributed by atoms with Crippen LogP contribution in [0.25, 0.3) is 16.7 Å². The fourth-order valence-electron chi connectivity index (χ4n) is 7.54. The number of rotatable bonds is 4. The molecule has 1 amide bonds. The predicted molar refractivity (Wildman–Crippen MR) is 145 cm³/mol. The molecule has 5 atom stereocenters. The zero-order valence-corrected chi connectivity index (χ0v) is 23.0. The Kier molecular flexibility index (Phi) is 6.04. The normalized spacial score (nSPS) is 29.1. The maximum Gasteiger partial charge on any atom is 0.394 e. The van der Waals surface area contributed by atoms with E-state index in [1.54, 1.807) is 38.1 Å². The van der Waals surface area contributed by atoms with Crippen molar-refractivity contribution in [3.63, 3.8) is 0 Å². The summed E-state index contributed by atoms with van der Waals surface area (Å²) in [7, 11) is 3.56. The van der Waals surface area contributed by atoms with E-state index in [0.717, 1.165) is 12.5 Å². The lowest BCUT2D eigenvalue weighted by Gasteiger charge is -2.47. The highest BCUT2D eigenvalue weighted by molar-refractivity contribution is 6.32. The van der Waals surface area contributed by atoms with Gasteiger partial charge in [-0.15, -0.1) is 0 Å². The van der Waals surface area contributed by atoms with Crippen LogP contribution in [-0.2, 0) is 0 Å². The molecule has 1 N–H and O–H groups in total. The number of carbonyl (C=O) groups excluding carboxylic acids is 1. The molecule has 6 nitrogen and oxygen atoms in total. The minimum atomic E-state index is -4.38. The highest BCUT2D eigenvalue weighted by Crippen LogP contribution is 2.69. The Balaban J connectivity index is 1.44. The largest absolute Gasteiger partial charge is 0.394 e. The van der Waals surface area contributed by atoms with Crippen LogP contribution in [0.15, 0.2) is 41.3 Å². The zero-order valence-electron chi connectivity index (χ0n) is 22.3. The average Bonchev–Trinajstić information content (AvgIpc) is 3.10. The molecule has 11 heteroatoms. The van der Waals surface area contributed by atoms with E-state index < -0.39 is 34.3 Å². The van der Waals surface area contributed by atoms with Gasteiger partial charge in [0.15, 0.2) is 5.65 Å². The summed E-state index contributed by atoms with van der Waals surface area (Å²) in [6, 6.07) is 6.90. The second-order valence-electron chi connectivity index (χ2n) is 12.3. The Bertz CT molecular complexity index is 1610. The summed E-state index contributed by atoms with van der Waals surface area (Å²) in [6.07, 6.45) is -1.96. The van der Waals surface area contributed by atoms with E-state index in [9.17, 15) is 27.2 Å². The number of carbonyl (C=O) groups is 1. The zero-order chi connectivity index (χ0) is 28.8. The van der Waals surface area contributed by atoms with Crippen LogP contribution in [-0.4, -0.2) is 41.3 Å². The van der Waals surface area contributed by atoms with Crippen molar-refractivity contribution in [1.29, 1.82) is 0 Å². The third-order valence-electron chi connectivity index (χ3n) is 9.26. The highest BCUT2D eigenvalue weighted by atomic mass is 35.5. The molecule has 2 aromatic heterocycles.